The van der Waals surface area contributed by atoms with Crippen LogP contribution in [-0.2, 0) is 29.7 Å². The predicted octanol–water partition coefficient (Wildman–Crippen LogP) is 23.7. The molecule has 0 aromatic carbocycles. The van der Waals surface area contributed by atoms with E-state index >= 15 is 0 Å². The third-order valence-corrected chi connectivity index (χ3v) is 29.1. The summed E-state index contributed by atoms with van der Waals surface area (Å²) in [5.74, 6) is 7.79. The van der Waals surface area contributed by atoms with E-state index < -0.39 is 0 Å². The minimum absolute atomic E-state index is 0.229. The molecule has 9 saturated carbocycles. The van der Waals surface area contributed by atoms with Gasteiger partial charge >= 0.3 is 0 Å². The lowest BCUT2D eigenvalue weighted by Crippen LogP contribution is -2.55. The summed E-state index contributed by atoms with van der Waals surface area (Å²) in [6.07, 6.45) is 42.5. The number of piperidine rings is 1. The molecule has 22 nitrogen and oxygen atoms in total. The Morgan fingerprint density at radius 2 is 0.680 bits per heavy atom. The number of ether oxygens (including phenoxy) is 1. The van der Waals surface area contributed by atoms with Crippen molar-refractivity contribution < 1.29 is 13.9 Å². The van der Waals surface area contributed by atoms with Gasteiger partial charge in [-0.1, -0.05) is 277 Å². The van der Waals surface area contributed by atoms with Crippen molar-refractivity contribution in [2.75, 3.05) is 105 Å². The maximum atomic E-state index is 5.82. The molecule has 876 valence electrons. The molecule has 16 rings (SSSR count). The summed E-state index contributed by atoms with van der Waals surface area (Å²) in [7, 11) is 4.07. The molecule has 5 aliphatic heterocycles. The van der Waals surface area contributed by atoms with Gasteiger partial charge in [-0.15, -0.1) is 0 Å². The Morgan fingerprint density at radius 1 is 0.354 bits per heavy atom. The minimum atomic E-state index is 0.229. The Balaban J connectivity index is -0.000000489. The summed E-state index contributed by atoms with van der Waals surface area (Å²) in [6.45, 7) is 110. The molecular formula is C125H267N21O+2. The third kappa shape index (κ3) is 79.8. The number of pyridine rings is 2. The summed E-state index contributed by atoms with van der Waals surface area (Å²) >= 11 is 0. The van der Waals surface area contributed by atoms with E-state index in [-0.39, 0.29) is 22.7 Å². The summed E-state index contributed by atoms with van der Waals surface area (Å²) in [5.41, 5.74) is 56.2. The van der Waals surface area contributed by atoms with Gasteiger partial charge in [0, 0.05) is 139 Å². The van der Waals surface area contributed by atoms with Crippen molar-refractivity contribution in [2.24, 2.45) is 161 Å². The quantitative estimate of drug-likeness (QED) is 0.0726. The molecule has 3 atom stereocenters. The molecule has 2 aromatic heterocycles. The number of hydrogen-bond donors (Lipinski definition) is 16. The highest BCUT2D eigenvalue weighted by atomic mass is 16.5. The highest BCUT2D eigenvalue weighted by Gasteiger charge is 2.54. The van der Waals surface area contributed by atoms with Gasteiger partial charge in [0.25, 0.3) is 0 Å². The van der Waals surface area contributed by atoms with Crippen LogP contribution in [0.4, 0.5) is 0 Å². The molecule has 22 heteroatoms. The number of piperazine rings is 3. The average molecular weight is 2080 g/mol. The second-order valence-electron chi connectivity index (χ2n) is 52.4. The van der Waals surface area contributed by atoms with Gasteiger partial charge < -0.3 is 98.5 Å². The van der Waals surface area contributed by atoms with E-state index in [4.69, 9.17) is 56.3 Å². The second-order valence-corrected chi connectivity index (χ2v) is 52.4. The molecule has 2 spiro atoms. The van der Waals surface area contributed by atoms with E-state index in [1.165, 1.54) is 185 Å². The van der Waals surface area contributed by atoms with Crippen molar-refractivity contribution in [3.8, 4) is 0 Å². The lowest BCUT2D eigenvalue weighted by molar-refractivity contribution is -0.671. The number of aromatic nitrogens is 2. The van der Waals surface area contributed by atoms with Crippen LogP contribution in [0.3, 0.4) is 0 Å². The normalized spacial score (nSPS) is 27.6. The van der Waals surface area contributed by atoms with E-state index in [2.05, 4.69) is 304 Å². The van der Waals surface area contributed by atoms with Crippen LogP contribution >= 0.6 is 0 Å². The number of aliphatic imine (C=N–C) groups is 2. The molecule has 5 saturated heterocycles. The van der Waals surface area contributed by atoms with Crippen LogP contribution in [-0.4, -0.2) is 182 Å². The predicted molar refractivity (Wildman–Crippen MR) is 655 cm³/mol. The van der Waals surface area contributed by atoms with E-state index in [1.807, 2.05) is 111 Å². The van der Waals surface area contributed by atoms with Crippen molar-refractivity contribution in [1.82, 2.24) is 42.1 Å². The van der Waals surface area contributed by atoms with Crippen LogP contribution in [0, 0.1) is 85.2 Å². The molecule has 9 aliphatic carbocycles. The fourth-order valence-corrected chi connectivity index (χ4v) is 19.8. The Morgan fingerprint density at radius 3 is 0.912 bits per heavy atom. The average Bonchev–Trinajstić information content (AvgIpc) is 0.999. The first-order chi connectivity index (χ1) is 68.6. The van der Waals surface area contributed by atoms with Crippen LogP contribution in [0.5, 0.6) is 0 Å². The number of hydrogen-bond acceptors (Lipinski definition) is 16. The SMILES string of the molecule is CC.CC.CC.CC.CC.CC.CC.CC(C)(C)C1CC2(CC(N)C2)C1.CC(C)(C)C1CC2(CCNCC2)C1.CC(C)(C)CN1CCNCC1.CC(C)(C)COC1CC(N)C1.CC(C)(C)C[C@@H]1CCNC1.CC1CC(N)C1.CC1CC(N=C(N)N)C1.CC1CC(N=C(N)N)C1.CC1CCC(N)CC1.CC1CCC(N)CC1.C[C@@H]1CNCCN1.C[C@H]1CNCCN1.C[n+]1ccc(C(C)(C)C)cc1.C[n+]1ccc(C(C)(C)C)cc1. The Bertz CT molecular complexity index is 3130. The molecule has 14 aliphatic rings. The zero-order valence-electron chi connectivity index (χ0n) is 107. The van der Waals surface area contributed by atoms with Crippen LogP contribution in [0.15, 0.2) is 59.0 Å². The van der Waals surface area contributed by atoms with Crippen molar-refractivity contribution in [1.29, 1.82) is 0 Å². The molecule has 0 amide bonds. The Kier molecular flexibility index (Phi) is 85.4. The van der Waals surface area contributed by atoms with Crippen LogP contribution in [0.2, 0.25) is 0 Å². The third-order valence-electron chi connectivity index (χ3n) is 29.1. The van der Waals surface area contributed by atoms with Gasteiger partial charge in [0.05, 0.1) is 24.8 Å². The maximum absolute atomic E-state index is 5.82. The van der Waals surface area contributed by atoms with Gasteiger partial charge in [-0.25, -0.2) is 9.13 Å². The molecule has 147 heavy (non-hydrogen) atoms. The van der Waals surface area contributed by atoms with E-state index in [1.54, 1.807) is 0 Å². The van der Waals surface area contributed by atoms with Crippen molar-refractivity contribution in [3.05, 3.63) is 60.2 Å². The number of nitrogens with one attached hydrogen (secondary N) is 7. The monoisotopic (exact) mass is 2080 g/mol. The maximum Gasteiger partial charge on any atom is 0.186 e. The van der Waals surface area contributed by atoms with Crippen LogP contribution < -0.4 is 98.0 Å². The molecule has 2 aromatic rings. The zero-order chi connectivity index (χ0) is 114. The topological polar surface area (TPSA) is 363 Å². The highest BCUT2D eigenvalue weighted by Crippen LogP contribution is 2.62. The summed E-state index contributed by atoms with van der Waals surface area (Å²) in [5, 5.41) is 23.4. The van der Waals surface area contributed by atoms with E-state index in [0.717, 1.165) is 156 Å². The zero-order valence-corrected chi connectivity index (χ0v) is 107. The first-order valence-corrected chi connectivity index (χ1v) is 60.8. The first-order valence-electron chi connectivity index (χ1n) is 60.8. The molecule has 0 bridgehead atoms. The van der Waals surface area contributed by atoms with E-state index in [0.29, 0.717) is 87.6 Å². The minimum Gasteiger partial charge on any atom is -0.378 e. The number of guanidine groups is 2. The van der Waals surface area contributed by atoms with E-state index in [9.17, 15) is 0 Å². The van der Waals surface area contributed by atoms with Crippen molar-refractivity contribution >= 4 is 11.9 Å². The summed E-state index contributed by atoms with van der Waals surface area (Å²) < 4.78 is 9.73. The molecule has 0 radical (unpaired) electrons. The first kappa shape index (κ1) is 152. The lowest BCUT2D eigenvalue weighted by atomic mass is 9.46. The van der Waals surface area contributed by atoms with Gasteiger partial charge in [-0.05, 0) is 314 Å². The van der Waals surface area contributed by atoms with Crippen molar-refractivity contribution in [2.45, 2.75) is 529 Å². The van der Waals surface area contributed by atoms with Gasteiger partial charge in [0.15, 0.2) is 36.7 Å². The summed E-state index contributed by atoms with van der Waals surface area (Å²) in [4.78, 5) is 10.5. The Hall–Kier alpha value is -3.72. The molecule has 25 N–H and O–H groups in total. The summed E-state index contributed by atoms with van der Waals surface area (Å²) in [6, 6.07) is 13.4. The molecular weight excluding hydrogens is 1810 g/mol. The molecule has 7 heterocycles. The number of aryl methyl sites for hydroxylation is 2. The number of nitrogens with two attached hydrogens (primary N) is 9. The van der Waals surface area contributed by atoms with Crippen LogP contribution in [0.1, 0.15) is 469 Å². The second kappa shape index (κ2) is 82.7. The fourth-order valence-electron chi connectivity index (χ4n) is 19.8. The largest absolute Gasteiger partial charge is 0.378 e. The fraction of sp³-hybridized carbons (Fsp3) is 0.904. The number of rotatable bonds is 6. The van der Waals surface area contributed by atoms with Gasteiger partial charge in [-0.3, -0.25) is 9.98 Å². The molecule has 14 fully saturated rings. The lowest BCUT2D eigenvalue weighted by Gasteiger charge is -2.60. The van der Waals surface area contributed by atoms with Gasteiger partial charge in [-0.2, -0.15) is 0 Å². The highest BCUT2D eigenvalue weighted by molar-refractivity contribution is 5.76. The van der Waals surface area contributed by atoms with Crippen LogP contribution in [0.25, 0.3) is 0 Å². The molecule has 0 unspecified atom stereocenters. The van der Waals surface area contributed by atoms with Crippen molar-refractivity contribution in [3.63, 3.8) is 0 Å². The van der Waals surface area contributed by atoms with Gasteiger partial charge in [0.2, 0.25) is 0 Å². The number of nitrogens with zero attached hydrogens (tertiary/aromatic N) is 5. The standard InChI is InChI=1S/C12H23N.C11H21N.2C10H16N.C9H20N2.C9H19NO.C9H19N.2C7H15N.2C6H13N3.2C5H12N2.C5H11N.7C2H6/c1-11(2,3)10-8-12(9-10)4-6-13-7-5-12;1-10(2,3)8-4-11(5-8)6-9(12)7-11;2*1-10(2,3)9-5-7-11(4)8-6-9;1-9(2,3)8-11-6-4-10-5-7-11;1-9(2,3)6-11-8-4-7(10)5-8;1-9(2,3)6-8-4-5-10-7-8;2*1-6-2-4-7(8)5-3-6;2*1-4-2-5(3-4)9-6(7)8;2*1-5-4-6-2-3-7-5;1-4-2-5(6)3-4;7*1-2/h10,13H,4-9H2,1-3H3;8-9H,4-7,12H2,1-3H3;2*5-8H,1-4H3;10H,4-8H2,1-3H3;7-8H,4-6,10H2,1-3H3;8,10H,4-7H2,1-3H3;2*6-7H,2-5,8H2,1H3;2*4-5H,2-3H2,1H3,(H4,7,8,9);2*5-7H,2-4H2,1H3;4-5H,2-3,6H2,1H3;7*1-2H3/q;;2*+1;;;;;;;;;;;;;;;;;/t;;;;;;8-;;;;;2*5-;;;;;;;;/m......0....10......../s1. The van der Waals surface area contributed by atoms with Gasteiger partial charge in [0.1, 0.15) is 14.1 Å². The Labute approximate surface area is 917 Å². The smallest absolute Gasteiger partial charge is 0.186 e.